The largest absolute Gasteiger partial charge is 0.415 e. The normalized spacial score (nSPS) is 31.3. The van der Waals surface area contributed by atoms with Crippen LogP contribution in [0.15, 0.2) is 0 Å². The molecule has 0 aromatic heterocycles. The van der Waals surface area contributed by atoms with Crippen LogP contribution in [0.5, 0.6) is 0 Å². The van der Waals surface area contributed by atoms with Gasteiger partial charge in [-0.25, -0.2) is 0 Å². The summed E-state index contributed by atoms with van der Waals surface area (Å²) in [6, 6.07) is 3.03. The molecule has 1 aliphatic heterocycles. The molecule has 0 radical (unpaired) electrons. The summed E-state index contributed by atoms with van der Waals surface area (Å²) >= 11 is 0. The van der Waals surface area contributed by atoms with Gasteiger partial charge in [0.1, 0.15) is 0 Å². The lowest BCUT2D eigenvalue weighted by Gasteiger charge is -2.50. The van der Waals surface area contributed by atoms with Crippen molar-refractivity contribution in [2.75, 3.05) is 52.9 Å². The second-order valence-corrected chi connectivity index (χ2v) is 24.7. The van der Waals surface area contributed by atoms with Gasteiger partial charge in [-0.1, -0.05) is 27.7 Å². The van der Waals surface area contributed by atoms with Crippen molar-refractivity contribution in [3.8, 4) is 0 Å². The van der Waals surface area contributed by atoms with Crippen molar-refractivity contribution >= 4 is 34.2 Å². The molecule has 0 aromatic rings. The molecule has 0 unspecified atom stereocenters. The molecule has 216 valence electrons. The number of hydrogen-bond acceptors (Lipinski definition) is 8. The lowest BCUT2D eigenvalue weighted by molar-refractivity contribution is 0.123. The molecule has 1 heterocycles. The minimum atomic E-state index is -2.66. The molecule has 12 heteroatoms. The van der Waals surface area contributed by atoms with Crippen LogP contribution in [0.2, 0.25) is 50.4 Å². The van der Waals surface area contributed by atoms with Crippen LogP contribution in [-0.4, -0.2) is 87.1 Å². The van der Waals surface area contributed by atoms with E-state index in [2.05, 4.69) is 53.9 Å². The number of rotatable bonds is 20. The van der Waals surface area contributed by atoms with Crippen molar-refractivity contribution in [1.82, 2.24) is 0 Å². The molecule has 0 bridgehead atoms. The first-order valence-electron chi connectivity index (χ1n) is 14.2. The highest BCUT2D eigenvalue weighted by molar-refractivity contribution is 6.94. The van der Waals surface area contributed by atoms with Gasteiger partial charge in [0.15, 0.2) is 0 Å². The molecule has 1 rings (SSSR count). The third kappa shape index (κ3) is 14.1. The van der Waals surface area contributed by atoms with Crippen molar-refractivity contribution in [2.24, 2.45) is 0 Å². The Labute approximate surface area is 226 Å². The molecule has 0 aromatic carbocycles. The van der Waals surface area contributed by atoms with Crippen LogP contribution < -0.4 is 0 Å². The zero-order chi connectivity index (χ0) is 27.0. The zero-order valence-corrected chi connectivity index (χ0v) is 28.6. The lowest BCUT2D eigenvalue weighted by atomic mass is 10.5. The fraction of sp³-hybridized carbons (Fsp3) is 1.00. The summed E-state index contributed by atoms with van der Waals surface area (Å²) in [5.41, 5.74) is 0. The third-order valence-corrected chi connectivity index (χ3v) is 24.2. The smallest absolute Gasteiger partial charge is 0.319 e. The summed E-state index contributed by atoms with van der Waals surface area (Å²) in [6.07, 6.45) is 3.99. The molecule has 0 amide bonds. The molecule has 36 heavy (non-hydrogen) atoms. The Morgan fingerprint density at radius 1 is 0.361 bits per heavy atom. The minimum absolute atomic E-state index is 0.629. The van der Waals surface area contributed by atoms with E-state index in [1.165, 1.54) is 0 Å². The molecular weight excluding hydrogens is 529 g/mol. The van der Waals surface area contributed by atoms with Crippen LogP contribution in [0.4, 0.5) is 0 Å². The SMILES string of the molecule is CCCOCC[Si]1(C)O[Si](C)(CCOCCC)O[Si](C)(CCOCCC)O[Si](C)(CCOCCC)O1. The second-order valence-electron chi connectivity index (χ2n) is 10.4. The summed E-state index contributed by atoms with van der Waals surface area (Å²) in [5.74, 6) is 0. The predicted octanol–water partition coefficient (Wildman–Crippen LogP) is 6.06. The lowest BCUT2D eigenvalue weighted by Crippen LogP contribution is -2.68. The van der Waals surface area contributed by atoms with Gasteiger partial charge in [-0.3, -0.25) is 0 Å². The molecule has 0 saturated carbocycles. The standard InChI is InChI=1S/C24H56O8Si4/c1-9-13-25-17-21-33(5)29-34(6,22-18-26-14-10-2)31-36(8,24-20-28-16-12-4)32-35(7,30-33)23-19-27-15-11-3/h9-24H2,1-8H3. The fourth-order valence-electron chi connectivity index (χ4n) is 4.33. The van der Waals surface area contributed by atoms with Crippen LogP contribution >= 0.6 is 0 Å². The van der Waals surface area contributed by atoms with E-state index < -0.39 is 34.2 Å². The predicted molar refractivity (Wildman–Crippen MR) is 154 cm³/mol. The van der Waals surface area contributed by atoms with Crippen LogP contribution in [0, 0.1) is 0 Å². The minimum Gasteiger partial charge on any atom is -0.415 e. The maximum Gasteiger partial charge on any atom is 0.319 e. The van der Waals surface area contributed by atoms with E-state index in [0.717, 1.165) is 76.3 Å². The Bertz CT molecular complexity index is 468. The second kappa shape index (κ2) is 18.0. The Balaban J connectivity index is 3.18. The van der Waals surface area contributed by atoms with Crippen LogP contribution in [0.25, 0.3) is 0 Å². The van der Waals surface area contributed by atoms with E-state index in [0.29, 0.717) is 26.4 Å². The average Bonchev–Trinajstić information content (AvgIpc) is 2.79. The molecule has 8 nitrogen and oxygen atoms in total. The van der Waals surface area contributed by atoms with Crippen molar-refractivity contribution in [3.63, 3.8) is 0 Å². The van der Waals surface area contributed by atoms with Gasteiger partial charge < -0.3 is 35.4 Å². The summed E-state index contributed by atoms with van der Waals surface area (Å²) in [7, 11) is -10.6. The van der Waals surface area contributed by atoms with Gasteiger partial charge in [0.2, 0.25) is 0 Å². The Kier molecular flexibility index (Phi) is 17.3. The van der Waals surface area contributed by atoms with E-state index in [4.69, 9.17) is 35.4 Å². The highest BCUT2D eigenvalue weighted by Gasteiger charge is 2.56. The van der Waals surface area contributed by atoms with Gasteiger partial charge in [-0.15, -0.1) is 0 Å². The van der Waals surface area contributed by atoms with E-state index >= 15 is 0 Å². The van der Waals surface area contributed by atoms with Crippen molar-refractivity contribution in [1.29, 1.82) is 0 Å². The summed E-state index contributed by atoms with van der Waals surface area (Å²) in [5, 5.41) is 0. The van der Waals surface area contributed by atoms with Gasteiger partial charge in [0, 0.05) is 77.0 Å². The van der Waals surface area contributed by atoms with E-state index in [-0.39, 0.29) is 0 Å². The number of hydrogen-bond donors (Lipinski definition) is 0. The van der Waals surface area contributed by atoms with Crippen molar-refractivity contribution < 1.29 is 35.4 Å². The molecule has 0 spiro atoms. The zero-order valence-electron chi connectivity index (χ0n) is 24.6. The maximum atomic E-state index is 7.05. The quantitative estimate of drug-likeness (QED) is 0.126. The van der Waals surface area contributed by atoms with Gasteiger partial charge in [0.25, 0.3) is 0 Å². The molecule has 1 fully saturated rings. The van der Waals surface area contributed by atoms with E-state index in [9.17, 15) is 0 Å². The highest BCUT2D eigenvalue weighted by atomic mass is 28.5. The first-order chi connectivity index (χ1) is 17.1. The maximum absolute atomic E-state index is 7.05. The van der Waals surface area contributed by atoms with Crippen molar-refractivity contribution in [3.05, 3.63) is 0 Å². The topological polar surface area (TPSA) is 73.8 Å². The summed E-state index contributed by atoms with van der Waals surface area (Å²) in [6.45, 7) is 22.7. The Morgan fingerprint density at radius 2 is 0.556 bits per heavy atom. The summed E-state index contributed by atoms with van der Waals surface area (Å²) in [4.78, 5) is 0. The highest BCUT2D eigenvalue weighted by Crippen LogP contribution is 2.37. The van der Waals surface area contributed by atoms with Crippen molar-refractivity contribution in [2.45, 2.75) is 104 Å². The first kappa shape index (κ1) is 34.6. The third-order valence-electron chi connectivity index (χ3n) is 5.92. The summed E-state index contributed by atoms with van der Waals surface area (Å²) < 4.78 is 51.7. The molecule has 0 aliphatic carbocycles. The molecule has 0 N–H and O–H groups in total. The van der Waals surface area contributed by atoms with Crippen LogP contribution in [0.3, 0.4) is 0 Å². The first-order valence-corrected chi connectivity index (χ1v) is 24.3. The fourth-order valence-corrected chi connectivity index (χ4v) is 26.4. The monoisotopic (exact) mass is 584 g/mol. The molecular formula is C24H56O8Si4. The van der Waals surface area contributed by atoms with Crippen LogP contribution in [0.1, 0.15) is 53.4 Å². The Hall–Kier alpha value is 0.548. The average molecular weight is 585 g/mol. The molecule has 1 saturated heterocycles. The van der Waals surface area contributed by atoms with Gasteiger partial charge >= 0.3 is 34.2 Å². The molecule has 0 atom stereocenters. The Morgan fingerprint density at radius 3 is 0.722 bits per heavy atom. The van der Waals surface area contributed by atoms with E-state index in [1.54, 1.807) is 0 Å². The van der Waals surface area contributed by atoms with Crippen LogP contribution in [-0.2, 0) is 35.4 Å². The van der Waals surface area contributed by atoms with Gasteiger partial charge in [-0.2, -0.15) is 0 Å². The van der Waals surface area contributed by atoms with E-state index in [1.807, 2.05) is 0 Å². The van der Waals surface area contributed by atoms with Gasteiger partial charge in [-0.05, 0) is 51.9 Å². The van der Waals surface area contributed by atoms with Gasteiger partial charge in [0.05, 0.1) is 0 Å². The number of ether oxygens (including phenoxy) is 4. The molecule has 1 aliphatic rings.